The minimum atomic E-state index is 0.598. The van der Waals surface area contributed by atoms with Crippen molar-refractivity contribution in [1.29, 1.82) is 0 Å². The summed E-state index contributed by atoms with van der Waals surface area (Å²) >= 11 is 0. The van der Waals surface area contributed by atoms with Gasteiger partial charge in [-0.15, -0.1) is 0 Å². The van der Waals surface area contributed by atoms with Crippen LogP contribution in [0.15, 0.2) is 83.4 Å². The third kappa shape index (κ3) is 4.32. The molecule has 4 heteroatoms. The molecule has 1 aromatic heterocycles. The molecule has 196 valence electrons. The molecule has 2 saturated heterocycles. The quantitative estimate of drug-likeness (QED) is 0.417. The zero-order valence-corrected chi connectivity index (χ0v) is 22.6. The maximum absolute atomic E-state index is 5.29. The molecule has 2 aliphatic carbocycles. The van der Waals surface area contributed by atoms with Crippen molar-refractivity contribution < 1.29 is 0 Å². The summed E-state index contributed by atoms with van der Waals surface area (Å²) in [5, 5.41) is 2.47. The summed E-state index contributed by atoms with van der Waals surface area (Å²) in [5.74, 6) is 2.62. The van der Waals surface area contributed by atoms with Gasteiger partial charge >= 0.3 is 0 Å². The van der Waals surface area contributed by atoms with Crippen LogP contribution in [-0.4, -0.2) is 39.8 Å². The van der Waals surface area contributed by atoms with E-state index in [0.29, 0.717) is 12.0 Å². The van der Waals surface area contributed by atoms with Crippen LogP contribution in [0.5, 0.6) is 0 Å². The number of nitrogens with zero attached hydrogens (tertiary/aromatic N) is 4. The van der Waals surface area contributed by atoms with Crippen molar-refractivity contribution in [3.05, 3.63) is 84.1 Å². The van der Waals surface area contributed by atoms with E-state index >= 15 is 0 Å². The van der Waals surface area contributed by atoms with Crippen molar-refractivity contribution in [3.63, 3.8) is 0 Å². The first-order valence-corrected chi connectivity index (χ1v) is 15.1. The largest absolute Gasteiger partial charge is 0.365 e. The van der Waals surface area contributed by atoms with E-state index in [2.05, 4.69) is 64.4 Å². The van der Waals surface area contributed by atoms with Crippen molar-refractivity contribution in [2.75, 3.05) is 13.1 Å². The highest BCUT2D eigenvalue weighted by atomic mass is 15.3. The second-order valence-corrected chi connectivity index (χ2v) is 11.8. The molecule has 0 N–H and O–H groups in total. The lowest BCUT2D eigenvalue weighted by atomic mass is 9.77. The van der Waals surface area contributed by atoms with Gasteiger partial charge in [-0.3, -0.25) is 4.98 Å². The topological polar surface area (TPSA) is 31.7 Å². The first-order chi connectivity index (χ1) is 18.9. The normalized spacial score (nSPS) is 27.8. The van der Waals surface area contributed by atoms with E-state index in [-0.39, 0.29) is 0 Å². The highest BCUT2D eigenvalue weighted by molar-refractivity contribution is 6.09. The molecule has 7 rings (SSSR count). The van der Waals surface area contributed by atoms with Crippen LogP contribution in [-0.2, 0) is 0 Å². The summed E-state index contributed by atoms with van der Waals surface area (Å²) in [6, 6.07) is 11.5. The average Bonchev–Trinajstić information content (AvgIpc) is 2.97. The third-order valence-electron chi connectivity index (χ3n) is 9.61. The highest BCUT2D eigenvalue weighted by Gasteiger charge is 2.39. The molecule has 0 amide bonds. The van der Waals surface area contributed by atoms with Crippen LogP contribution in [0.2, 0.25) is 0 Å². The van der Waals surface area contributed by atoms with Crippen molar-refractivity contribution in [2.24, 2.45) is 16.8 Å². The van der Waals surface area contributed by atoms with E-state index in [1.165, 1.54) is 98.4 Å². The Morgan fingerprint density at radius 2 is 1.68 bits per heavy atom. The number of rotatable bonds is 2. The van der Waals surface area contributed by atoms with E-state index < -0.39 is 0 Å². The molecular weight excluding hydrogens is 464 g/mol. The summed E-state index contributed by atoms with van der Waals surface area (Å²) in [4.78, 5) is 15.8. The minimum Gasteiger partial charge on any atom is -0.365 e. The Balaban J connectivity index is 1.46. The van der Waals surface area contributed by atoms with Crippen LogP contribution < -0.4 is 0 Å². The monoisotopic (exact) mass is 504 g/mol. The lowest BCUT2D eigenvalue weighted by Crippen LogP contribution is -2.51. The van der Waals surface area contributed by atoms with E-state index in [9.17, 15) is 0 Å². The van der Waals surface area contributed by atoms with Crippen LogP contribution in [0.1, 0.15) is 76.3 Å². The number of amidine groups is 1. The van der Waals surface area contributed by atoms with Gasteiger partial charge < -0.3 is 9.80 Å². The second kappa shape index (κ2) is 10.6. The van der Waals surface area contributed by atoms with E-state index in [4.69, 9.17) is 9.98 Å². The number of aliphatic imine (C=N–C) groups is 1. The van der Waals surface area contributed by atoms with Gasteiger partial charge in [0.1, 0.15) is 0 Å². The van der Waals surface area contributed by atoms with Crippen LogP contribution in [0.4, 0.5) is 0 Å². The molecule has 0 bridgehead atoms. The Kier molecular flexibility index (Phi) is 6.65. The maximum atomic E-state index is 5.29. The first-order valence-electron chi connectivity index (χ1n) is 15.1. The van der Waals surface area contributed by atoms with Crippen molar-refractivity contribution in [2.45, 2.75) is 76.7 Å². The Morgan fingerprint density at radius 1 is 0.816 bits per heavy atom. The molecule has 0 spiro atoms. The van der Waals surface area contributed by atoms with E-state index in [0.717, 1.165) is 30.5 Å². The van der Waals surface area contributed by atoms with E-state index in [1.54, 1.807) is 0 Å². The van der Waals surface area contributed by atoms with Crippen LogP contribution in [0.25, 0.3) is 16.3 Å². The van der Waals surface area contributed by atoms with Gasteiger partial charge in [-0.2, -0.15) is 0 Å². The Labute approximate surface area is 227 Å². The standard InChI is InChI=1S/C34H40N4/c1-4-16-28-25(11-1)20-22-35-32(28)29-17-7-8-21-36-34(38-24-10-15-27-13-3-6-19-31(27)38)33(29)37-23-9-14-26-12-2-5-18-30(26)37/h1,4,7-8,11,16-17,19-22,26-27,30H,2-3,5-6,9-10,12-15,18,23-24H2. The smallest absolute Gasteiger partial charge is 0.157 e. The lowest BCUT2D eigenvalue weighted by molar-refractivity contribution is 0.0947. The molecule has 1 saturated carbocycles. The predicted octanol–water partition coefficient (Wildman–Crippen LogP) is 7.86. The Bertz CT molecular complexity index is 1340. The number of likely N-dealkylation sites (tertiary alicyclic amines) is 2. The highest BCUT2D eigenvalue weighted by Crippen LogP contribution is 2.42. The van der Waals surface area contributed by atoms with Crippen LogP contribution in [0.3, 0.4) is 0 Å². The molecule has 3 atom stereocenters. The summed E-state index contributed by atoms with van der Waals surface area (Å²) in [6.07, 6.45) is 27.5. The Morgan fingerprint density at radius 3 is 2.68 bits per heavy atom. The summed E-state index contributed by atoms with van der Waals surface area (Å²) < 4.78 is 0. The molecule has 4 nitrogen and oxygen atoms in total. The number of piperidine rings is 2. The van der Waals surface area contributed by atoms with Crippen LogP contribution in [0, 0.1) is 11.8 Å². The minimum absolute atomic E-state index is 0.598. The first kappa shape index (κ1) is 23.9. The van der Waals surface area contributed by atoms with Gasteiger partial charge in [-0.1, -0.05) is 55.3 Å². The van der Waals surface area contributed by atoms with Gasteiger partial charge in [-0.05, 0) is 87.2 Å². The SMILES string of the molecule is C1=CN=C(N2CCCC3CCCC=C32)C(N2CCCC3CCCCC32)=C(c2nccc3ccccc23)C=C1. The van der Waals surface area contributed by atoms with Crippen molar-refractivity contribution in [1.82, 2.24) is 14.8 Å². The molecule has 1 aromatic carbocycles. The van der Waals surface area contributed by atoms with Gasteiger partial charge in [0.15, 0.2) is 5.84 Å². The number of benzene rings is 1. The number of aromatic nitrogens is 1. The third-order valence-corrected chi connectivity index (χ3v) is 9.61. The summed E-state index contributed by atoms with van der Waals surface area (Å²) in [7, 11) is 0. The van der Waals surface area contributed by atoms with Crippen molar-refractivity contribution >= 4 is 22.2 Å². The lowest BCUT2D eigenvalue weighted by Gasteiger charge is -2.49. The summed E-state index contributed by atoms with van der Waals surface area (Å²) in [6.45, 7) is 2.16. The zero-order chi connectivity index (χ0) is 25.3. The molecule has 3 aliphatic heterocycles. The average molecular weight is 505 g/mol. The van der Waals surface area contributed by atoms with Gasteiger partial charge in [-0.25, -0.2) is 4.99 Å². The predicted molar refractivity (Wildman–Crippen MR) is 157 cm³/mol. The molecule has 4 heterocycles. The molecule has 5 aliphatic rings. The number of allylic oxidation sites excluding steroid dienone is 6. The Hall–Kier alpha value is -3.14. The van der Waals surface area contributed by atoms with Crippen LogP contribution >= 0.6 is 0 Å². The molecule has 2 aromatic rings. The molecular formula is C34H40N4. The second-order valence-electron chi connectivity index (χ2n) is 11.8. The fourth-order valence-corrected chi connectivity index (χ4v) is 7.89. The fraction of sp³-hybridized carbons (Fsp3) is 0.471. The molecule has 3 fully saturated rings. The van der Waals surface area contributed by atoms with Gasteiger partial charge in [0, 0.05) is 48.2 Å². The fourth-order valence-electron chi connectivity index (χ4n) is 7.89. The number of hydrogen-bond donors (Lipinski definition) is 0. The van der Waals surface area contributed by atoms with Gasteiger partial charge in [0.05, 0.1) is 11.4 Å². The summed E-state index contributed by atoms with van der Waals surface area (Å²) in [5.41, 5.74) is 5.16. The number of fused-ring (bicyclic) bond motifs is 3. The van der Waals surface area contributed by atoms with Crippen molar-refractivity contribution in [3.8, 4) is 0 Å². The van der Waals surface area contributed by atoms with Gasteiger partial charge in [0.25, 0.3) is 0 Å². The molecule has 0 radical (unpaired) electrons. The van der Waals surface area contributed by atoms with Gasteiger partial charge in [0.2, 0.25) is 0 Å². The van der Waals surface area contributed by atoms with E-state index in [1.807, 2.05) is 12.4 Å². The maximum Gasteiger partial charge on any atom is 0.157 e. The number of hydrogen-bond acceptors (Lipinski definition) is 4. The molecule has 3 unspecified atom stereocenters. The number of pyridine rings is 1. The zero-order valence-electron chi connectivity index (χ0n) is 22.6. The molecule has 38 heavy (non-hydrogen) atoms.